The van der Waals surface area contributed by atoms with Gasteiger partial charge < -0.3 is 4.90 Å². The van der Waals surface area contributed by atoms with Gasteiger partial charge in [0.25, 0.3) is 0 Å². The van der Waals surface area contributed by atoms with Crippen molar-refractivity contribution in [1.82, 2.24) is 9.80 Å². The molecule has 0 aromatic heterocycles. The summed E-state index contributed by atoms with van der Waals surface area (Å²) in [5.74, 6) is 0.471. The Balaban J connectivity index is 2.69. The summed E-state index contributed by atoms with van der Waals surface area (Å²) in [5, 5.41) is 0.511. The molecule has 0 fully saturated rings. The smallest absolute Gasteiger partial charge is 0.197 e. The third kappa shape index (κ3) is 4.46. The molecule has 0 saturated heterocycles. The molecule has 1 atom stereocenters. The number of rotatable bonds is 4. The molecule has 0 N–H and O–H groups in total. The number of amidine groups is 1. The van der Waals surface area contributed by atoms with Gasteiger partial charge in [0.05, 0.1) is 0 Å². The molecule has 4 heteroatoms. The molecule has 1 unspecified atom stereocenters. The zero-order chi connectivity index (χ0) is 13.5. The standard InChI is InChI=1S/C14H24ClN3/c1-5-12-8-10-18(6-2)11-13(12)7-9-16-14(15)17(3)4/h7-9,13H,5-6,10-11H2,1-4H3. The Kier molecular flexibility index (Phi) is 6.44. The highest BCUT2D eigenvalue weighted by Gasteiger charge is 2.17. The number of hydrogen-bond donors (Lipinski definition) is 0. The Labute approximate surface area is 116 Å². The Morgan fingerprint density at radius 3 is 2.83 bits per heavy atom. The molecule has 1 aliphatic heterocycles. The van der Waals surface area contributed by atoms with Crippen LogP contribution in [0, 0.1) is 5.92 Å². The maximum absolute atomic E-state index is 5.96. The van der Waals surface area contributed by atoms with Gasteiger partial charge in [-0.25, -0.2) is 4.99 Å². The Morgan fingerprint density at radius 2 is 2.28 bits per heavy atom. The van der Waals surface area contributed by atoms with E-state index in [0.717, 1.165) is 26.1 Å². The minimum atomic E-state index is 0.471. The van der Waals surface area contributed by atoms with Gasteiger partial charge in [-0.15, -0.1) is 0 Å². The molecule has 18 heavy (non-hydrogen) atoms. The lowest BCUT2D eigenvalue weighted by Crippen LogP contribution is -2.33. The van der Waals surface area contributed by atoms with E-state index < -0.39 is 0 Å². The lowest BCUT2D eigenvalue weighted by Gasteiger charge is -2.30. The molecule has 102 valence electrons. The first-order valence-corrected chi connectivity index (χ1v) is 6.94. The summed E-state index contributed by atoms with van der Waals surface area (Å²) >= 11 is 5.96. The van der Waals surface area contributed by atoms with Crippen LogP contribution in [0.1, 0.15) is 20.3 Å². The van der Waals surface area contributed by atoms with Crippen molar-refractivity contribution in [2.45, 2.75) is 20.3 Å². The highest BCUT2D eigenvalue weighted by atomic mass is 35.5. The van der Waals surface area contributed by atoms with Gasteiger partial charge >= 0.3 is 0 Å². The second-order valence-electron chi connectivity index (χ2n) is 4.73. The van der Waals surface area contributed by atoms with Crippen LogP contribution in [-0.2, 0) is 0 Å². The van der Waals surface area contributed by atoms with Gasteiger partial charge in [-0.05, 0) is 24.6 Å². The minimum absolute atomic E-state index is 0.471. The van der Waals surface area contributed by atoms with Gasteiger partial charge in [0.2, 0.25) is 0 Å². The Morgan fingerprint density at radius 1 is 1.56 bits per heavy atom. The monoisotopic (exact) mass is 269 g/mol. The van der Waals surface area contributed by atoms with Crippen molar-refractivity contribution in [1.29, 1.82) is 0 Å². The fourth-order valence-electron chi connectivity index (χ4n) is 2.04. The van der Waals surface area contributed by atoms with Crippen LogP contribution in [0.25, 0.3) is 0 Å². The van der Waals surface area contributed by atoms with Gasteiger partial charge in [0, 0.05) is 39.3 Å². The van der Waals surface area contributed by atoms with E-state index in [1.165, 1.54) is 5.57 Å². The van der Waals surface area contributed by atoms with E-state index in [0.29, 0.717) is 11.2 Å². The van der Waals surface area contributed by atoms with Crippen molar-refractivity contribution in [3.63, 3.8) is 0 Å². The Bertz CT molecular complexity index is 345. The van der Waals surface area contributed by atoms with Crippen LogP contribution in [-0.4, -0.2) is 48.8 Å². The first-order chi connectivity index (χ1) is 8.58. The van der Waals surface area contributed by atoms with Crippen molar-refractivity contribution in [3.05, 3.63) is 23.9 Å². The molecule has 0 aromatic carbocycles. The van der Waals surface area contributed by atoms with Crippen LogP contribution in [0.2, 0.25) is 0 Å². The number of hydrogen-bond acceptors (Lipinski definition) is 2. The second kappa shape index (κ2) is 7.59. The first-order valence-electron chi connectivity index (χ1n) is 6.57. The third-order valence-corrected chi connectivity index (χ3v) is 3.70. The van der Waals surface area contributed by atoms with Crippen LogP contribution in [0.15, 0.2) is 28.9 Å². The number of aliphatic imine (C=N–C) groups is 1. The number of likely N-dealkylation sites (N-methyl/N-ethyl adjacent to an activating group) is 1. The molecule has 3 nitrogen and oxygen atoms in total. The quantitative estimate of drug-likeness (QED) is 0.338. The topological polar surface area (TPSA) is 18.8 Å². The molecule has 0 aliphatic carbocycles. The summed E-state index contributed by atoms with van der Waals surface area (Å²) in [7, 11) is 3.77. The molecule has 0 bridgehead atoms. The zero-order valence-electron chi connectivity index (χ0n) is 11.9. The lowest BCUT2D eigenvalue weighted by molar-refractivity contribution is 0.281. The summed E-state index contributed by atoms with van der Waals surface area (Å²) in [6.45, 7) is 7.67. The molecule has 0 aromatic rings. The average molecular weight is 270 g/mol. The summed E-state index contributed by atoms with van der Waals surface area (Å²) in [5.41, 5.74) is 1.51. The molecule has 0 saturated carbocycles. The van der Waals surface area contributed by atoms with Crippen molar-refractivity contribution in [2.24, 2.45) is 10.9 Å². The van der Waals surface area contributed by atoms with Crippen LogP contribution < -0.4 is 0 Å². The van der Waals surface area contributed by atoms with E-state index in [4.69, 9.17) is 11.6 Å². The number of halogens is 1. The van der Waals surface area contributed by atoms with Crippen molar-refractivity contribution in [3.8, 4) is 0 Å². The zero-order valence-corrected chi connectivity index (χ0v) is 12.6. The van der Waals surface area contributed by atoms with Crippen molar-refractivity contribution >= 4 is 16.9 Å². The SMILES string of the molecule is CCC1=CCN(CC)CC1C=CN=C(Cl)N(C)C. The van der Waals surface area contributed by atoms with E-state index in [-0.39, 0.29) is 0 Å². The summed E-state index contributed by atoms with van der Waals surface area (Å²) < 4.78 is 0. The third-order valence-electron chi connectivity index (χ3n) is 3.27. The predicted molar refractivity (Wildman–Crippen MR) is 80.1 cm³/mol. The number of nitrogens with zero attached hydrogens (tertiary/aromatic N) is 3. The highest BCUT2D eigenvalue weighted by Crippen LogP contribution is 2.22. The summed E-state index contributed by atoms with van der Waals surface area (Å²) in [6.07, 6.45) is 7.44. The maximum Gasteiger partial charge on any atom is 0.197 e. The van der Waals surface area contributed by atoms with Gasteiger partial charge in [-0.2, -0.15) is 0 Å². The van der Waals surface area contributed by atoms with E-state index in [9.17, 15) is 0 Å². The lowest BCUT2D eigenvalue weighted by atomic mass is 9.93. The van der Waals surface area contributed by atoms with E-state index >= 15 is 0 Å². The van der Waals surface area contributed by atoms with Gasteiger partial charge in [0.15, 0.2) is 5.29 Å². The van der Waals surface area contributed by atoms with Gasteiger partial charge in [0.1, 0.15) is 0 Å². The van der Waals surface area contributed by atoms with Crippen molar-refractivity contribution < 1.29 is 0 Å². The largest absolute Gasteiger partial charge is 0.353 e. The summed E-state index contributed by atoms with van der Waals surface area (Å²) in [4.78, 5) is 8.45. The predicted octanol–water partition coefficient (Wildman–Crippen LogP) is 2.94. The molecule has 0 radical (unpaired) electrons. The molecule has 0 amide bonds. The van der Waals surface area contributed by atoms with Crippen LogP contribution in [0.4, 0.5) is 0 Å². The van der Waals surface area contributed by atoms with Crippen LogP contribution in [0.3, 0.4) is 0 Å². The average Bonchev–Trinajstić information content (AvgIpc) is 2.38. The fourth-order valence-corrected chi connectivity index (χ4v) is 2.10. The molecule has 0 spiro atoms. The van der Waals surface area contributed by atoms with Crippen LogP contribution in [0.5, 0.6) is 0 Å². The van der Waals surface area contributed by atoms with Gasteiger partial charge in [-0.1, -0.05) is 31.6 Å². The van der Waals surface area contributed by atoms with E-state index in [1.54, 1.807) is 4.90 Å². The Hall–Kier alpha value is -0.800. The second-order valence-corrected chi connectivity index (χ2v) is 5.06. The minimum Gasteiger partial charge on any atom is -0.353 e. The van der Waals surface area contributed by atoms with Crippen LogP contribution >= 0.6 is 11.6 Å². The maximum atomic E-state index is 5.96. The molecular formula is C14H24ClN3. The highest BCUT2D eigenvalue weighted by molar-refractivity contribution is 6.64. The van der Waals surface area contributed by atoms with Crippen molar-refractivity contribution in [2.75, 3.05) is 33.7 Å². The molecular weight excluding hydrogens is 246 g/mol. The fraction of sp³-hybridized carbons (Fsp3) is 0.643. The summed E-state index contributed by atoms with van der Waals surface area (Å²) in [6, 6.07) is 0. The van der Waals surface area contributed by atoms with Gasteiger partial charge in [-0.3, -0.25) is 4.90 Å². The van der Waals surface area contributed by atoms with E-state index in [2.05, 4.69) is 35.9 Å². The first kappa shape index (κ1) is 15.3. The molecule has 1 heterocycles. The molecule has 1 aliphatic rings. The van der Waals surface area contributed by atoms with E-state index in [1.807, 2.05) is 20.3 Å². The molecule has 1 rings (SSSR count). The normalized spacial score (nSPS) is 22.4.